The summed E-state index contributed by atoms with van der Waals surface area (Å²) >= 11 is 12.8. The summed E-state index contributed by atoms with van der Waals surface area (Å²) in [6.45, 7) is 0. The predicted molar refractivity (Wildman–Crippen MR) is 68.1 cm³/mol. The highest BCUT2D eigenvalue weighted by Gasteiger charge is 2.61. The number of nitrogens with zero attached hydrogens (tertiary/aromatic N) is 1. The molecule has 0 amide bonds. The Labute approximate surface area is 136 Å². The fourth-order valence-corrected chi connectivity index (χ4v) is 2.24. The van der Waals surface area contributed by atoms with Gasteiger partial charge >= 0.3 is 18.3 Å². The molecular weight excluding hydrogens is 437 g/mol. The third-order valence-corrected chi connectivity index (χ3v) is 3.38. The molecule has 0 atom stereocenters. The van der Waals surface area contributed by atoms with Crippen LogP contribution in [0.3, 0.4) is 0 Å². The summed E-state index contributed by atoms with van der Waals surface area (Å²) in [4.78, 5) is 2.79. The Kier molecular flexibility index (Phi) is 5.41. The van der Waals surface area contributed by atoms with Gasteiger partial charge < -0.3 is 0 Å². The van der Waals surface area contributed by atoms with Gasteiger partial charge in [0.25, 0.3) is 0 Å². The van der Waals surface area contributed by atoms with Crippen molar-refractivity contribution < 1.29 is 35.1 Å². The Balaban J connectivity index is 3.39. The van der Waals surface area contributed by atoms with Gasteiger partial charge in [-0.25, -0.2) is 4.99 Å². The Hall–Kier alpha value is -0.610. The minimum atomic E-state index is -6.02. The molecule has 0 saturated heterocycles. The topological polar surface area (TPSA) is 12.4 Å². The number of rotatable bonds is 2. The molecule has 0 aliphatic heterocycles. The highest BCUT2D eigenvalue weighted by molar-refractivity contribution is 9.10. The second-order valence-electron chi connectivity index (χ2n) is 3.76. The smallest absolute Gasteiger partial charge is 0.232 e. The van der Waals surface area contributed by atoms with Crippen LogP contribution in [0.5, 0.6) is 0 Å². The third kappa shape index (κ3) is 4.02. The van der Waals surface area contributed by atoms with Crippen molar-refractivity contribution in [2.45, 2.75) is 18.3 Å². The number of halogens is 11. The van der Waals surface area contributed by atoms with Crippen molar-refractivity contribution in [3.8, 4) is 0 Å². The van der Waals surface area contributed by atoms with E-state index in [-0.39, 0.29) is 0 Å². The number of hydrogen-bond donors (Lipinski definition) is 0. The molecule has 1 nitrogen and oxygen atoms in total. The number of alkyl halides is 8. The standard InChI is InChI=1S/C10H2BrCl2F8N/c11-4-1-3(9(16,17)18)2-5(12)6(4)22-7(13)8(14,15)10(19,20)21/h1-2H. The summed E-state index contributed by atoms with van der Waals surface area (Å²) in [5, 5.41) is -2.99. The second kappa shape index (κ2) is 6.12. The van der Waals surface area contributed by atoms with Gasteiger partial charge in [0, 0.05) is 4.47 Å². The fourth-order valence-electron chi connectivity index (χ4n) is 1.12. The van der Waals surface area contributed by atoms with E-state index in [1.807, 2.05) is 0 Å². The first-order chi connectivity index (χ1) is 9.68. The van der Waals surface area contributed by atoms with E-state index in [0.717, 1.165) is 0 Å². The van der Waals surface area contributed by atoms with Gasteiger partial charge in [-0.3, -0.25) is 0 Å². The molecule has 0 radical (unpaired) electrons. The van der Waals surface area contributed by atoms with E-state index in [9.17, 15) is 35.1 Å². The predicted octanol–water partition coefficient (Wildman–Crippen LogP) is 6.59. The van der Waals surface area contributed by atoms with Crippen LogP contribution < -0.4 is 0 Å². The van der Waals surface area contributed by atoms with Crippen LogP contribution >= 0.6 is 39.1 Å². The maximum absolute atomic E-state index is 12.9. The Bertz CT molecular complexity index is 585. The molecule has 1 aromatic rings. The molecule has 0 saturated carbocycles. The van der Waals surface area contributed by atoms with Crippen LogP contribution in [-0.2, 0) is 6.18 Å². The molecule has 12 heteroatoms. The zero-order valence-electron chi connectivity index (χ0n) is 9.76. The number of benzene rings is 1. The molecule has 0 aromatic heterocycles. The van der Waals surface area contributed by atoms with Crippen molar-refractivity contribution >= 4 is 50.0 Å². The molecular formula is C10H2BrCl2F8N. The molecule has 0 unspecified atom stereocenters. The molecule has 0 bridgehead atoms. The number of aliphatic imine (C=N–C) groups is 1. The van der Waals surface area contributed by atoms with Gasteiger partial charge in [0.1, 0.15) is 0 Å². The molecule has 0 N–H and O–H groups in total. The Morgan fingerprint density at radius 3 is 1.86 bits per heavy atom. The lowest BCUT2D eigenvalue weighted by Gasteiger charge is -2.18. The monoisotopic (exact) mass is 437 g/mol. The Morgan fingerprint density at radius 2 is 1.50 bits per heavy atom. The van der Waals surface area contributed by atoms with Crippen LogP contribution in [0.25, 0.3) is 0 Å². The van der Waals surface area contributed by atoms with Gasteiger partial charge in [0.05, 0.1) is 16.3 Å². The van der Waals surface area contributed by atoms with E-state index in [4.69, 9.17) is 23.2 Å². The van der Waals surface area contributed by atoms with E-state index in [0.29, 0.717) is 12.1 Å². The molecule has 0 aliphatic rings. The summed E-state index contributed by atoms with van der Waals surface area (Å²) < 4.78 is 99.0. The van der Waals surface area contributed by atoms with E-state index in [2.05, 4.69) is 20.9 Å². The summed E-state index contributed by atoms with van der Waals surface area (Å²) in [7, 11) is 0. The van der Waals surface area contributed by atoms with E-state index in [1.165, 1.54) is 0 Å². The lowest BCUT2D eigenvalue weighted by Crippen LogP contribution is -2.41. The molecule has 124 valence electrons. The largest absolute Gasteiger partial charge is 0.460 e. The van der Waals surface area contributed by atoms with Crippen LogP contribution in [0.4, 0.5) is 40.8 Å². The maximum atomic E-state index is 12.9. The van der Waals surface area contributed by atoms with Crippen LogP contribution in [0.15, 0.2) is 21.6 Å². The quantitative estimate of drug-likeness (QED) is 0.365. The molecule has 0 spiro atoms. The first-order valence-electron chi connectivity index (χ1n) is 4.93. The number of hydrogen-bond acceptors (Lipinski definition) is 1. The third-order valence-electron chi connectivity index (χ3n) is 2.17. The zero-order chi connectivity index (χ0) is 17.5. The molecule has 1 rings (SSSR count). The van der Waals surface area contributed by atoms with Gasteiger partial charge in [-0.2, -0.15) is 35.1 Å². The van der Waals surface area contributed by atoms with Gasteiger partial charge in [0.15, 0.2) is 5.17 Å². The first-order valence-corrected chi connectivity index (χ1v) is 6.48. The van der Waals surface area contributed by atoms with E-state index < -0.39 is 44.2 Å². The van der Waals surface area contributed by atoms with Crippen LogP contribution in [0.1, 0.15) is 5.56 Å². The van der Waals surface area contributed by atoms with Crippen molar-refractivity contribution in [3.05, 3.63) is 27.2 Å². The molecule has 0 heterocycles. The van der Waals surface area contributed by atoms with E-state index >= 15 is 0 Å². The van der Waals surface area contributed by atoms with Crippen molar-refractivity contribution in [1.29, 1.82) is 0 Å². The van der Waals surface area contributed by atoms with Gasteiger partial charge in [-0.15, -0.1) is 0 Å². The van der Waals surface area contributed by atoms with Gasteiger partial charge in [0.2, 0.25) is 0 Å². The SMILES string of the molecule is FC(F)(F)c1cc(Cl)c(N=C(Cl)C(F)(F)C(F)(F)F)c(Br)c1. The summed E-state index contributed by atoms with van der Waals surface area (Å²) in [6.07, 6.45) is -10.8. The van der Waals surface area contributed by atoms with E-state index in [1.54, 1.807) is 0 Å². The van der Waals surface area contributed by atoms with Crippen molar-refractivity contribution in [1.82, 2.24) is 0 Å². The lowest BCUT2D eigenvalue weighted by molar-refractivity contribution is -0.248. The minimum Gasteiger partial charge on any atom is -0.232 e. The minimum absolute atomic E-state index is 0.320. The van der Waals surface area contributed by atoms with Crippen molar-refractivity contribution in [3.63, 3.8) is 0 Å². The maximum Gasteiger partial charge on any atom is 0.460 e. The highest BCUT2D eigenvalue weighted by atomic mass is 79.9. The van der Waals surface area contributed by atoms with Crippen molar-refractivity contribution in [2.24, 2.45) is 4.99 Å². The summed E-state index contributed by atoms with van der Waals surface area (Å²) in [5.41, 5.74) is -2.04. The first kappa shape index (κ1) is 19.4. The molecule has 0 aliphatic carbocycles. The van der Waals surface area contributed by atoms with Gasteiger partial charge in [-0.05, 0) is 28.1 Å². The van der Waals surface area contributed by atoms with Crippen molar-refractivity contribution in [2.75, 3.05) is 0 Å². The molecule has 0 fully saturated rings. The van der Waals surface area contributed by atoms with Crippen LogP contribution in [0, 0.1) is 0 Å². The van der Waals surface area contributed by atoms with Gasteiger partial charge in [-0.1, -0.05) is 23.2 Å². The second-order valence-corrected chi connectivity index (χ2v) is 5.38. The average molecular weight is 439 g/mol. The lowest BCUT2D eigenvalue weighted by atomic mass is 10.2. The highest BCUT2D eigenvalue weighted by Crippen LogP contribution is 2.43. The molecule has 1 aromatic carbocycles. The normalized spacial score (nSPS) is 14.4. The Morgan fingerprint density at radius 1 is 1.00 bits per heavy atom. The fraction of sp³-hybridized carbons (Fsp3) is 0.300. The summed E-state index contributed by atoms with van der Waals surface area (Å²) in [6, 6.07) is 0.738. The van der Waals surface area contributed by atoms with Crippen LogP contribution in [0.2, 0.25) is 5.02 Å². The molecule has 22 heavy (non-hydrogen) atoms. The zero-order valence-corrected chi connectivity index (χ0v) is 12.9. The average Bonchev–Trinajstić information content (AvgIpc) is 2.30. The summed E-state index contributed by atoms with van der Waals surface area (Å²) in [5.74, 6) is -5.47. The van der Waals surface area contributed by atoms with Crippen LogP contribution in [-0.4, -0.2) is 17.3 Å².